The summed E-state index contributed by atoms with van der Waals surface area (Å²) >= 11 is 1.54. The lowest BCUT2D eigenvalue weighted by atomic mass is 9.92. The van der Waals surface area contributed by atoms with E-state index in [9.17, 15) is 4.39 Å². The summed E-state index contributed by atoms with van der Waals surface area (Å²) < 4.78 is 31.4. The van der Waals surface area contributed by atoms with E-state index in [1.54, 1.807) is 19.2 Å². The first kappa shape index (κ1) is 18.9. The number of nitrogens with one attached hydrogen (secondary N) is 1. The number of methoxy groups -OCH3 is 1. The zero-order valence-corrected chi connectivity index (χ0v) is 16.4. The van der Waals surface area contributed by atoms with Crippen molar-refractivity contribution in [1.82, 2.24) is 5.32 Å². The van der Waals surface area contributed by atoms with E-state index in [1.807, 2.05) is 37.3 Å². The molecule has 144 valence electrons. The van der Waals surface area contributed by atoms with Gasteiger partial charge in [-0.3, -0.25) is 0 Å². The molecule has 4 nitrogen and oxygen atoms in total. The third kappa shape index (κ3) is 3.77. The van der Waals surface area contributed by atoms with Crippen LogP contribution in [0.15, 0.2) is 52.3 Å². The monoisotopic (exact) mass is 389 g/mol. The average Bonchev–Trinajstić information content (AvgIpc) is 3.32. The number of halogens is 1. The van der Waals surface area contributed by atoms with Gasteiger partial charge in [-0.05, 0) is 55.8 Å². The van der Waals surface area contributed by atoms with Gasteiger partial charge in [0.2, 0.25) is 0 Å². The third-order valence-corrected chi connectivity index (χ3v) is 6.34. The Hall–Kier alpha value is -1.44. The zero-order chi connectivity index (χ0) is 18.9. The van der Waals surface area contributed by atoms with Gasteiger partial charge in [-0.25, -0.2) is 4.39 Å². The summed E-state index contributed by atoms with van der Waals surface area (Å²) in [7, 11) is 1.69. The van der Waals surface area contributed by atoms with Gasteiger partial charge in [-0.2, -0.15) is 0 Å². The maximum atomic E-state index is 14.3. The summed E-state index contributed by atoms with van der Waals surface area (Å²) in [4.78, 5) is 1.90. The fraction of sp³-hybridized carbons (Fsp3) is 0.429. The van der Waals surface area contributed by atoms with Crippen LogP contribution in [0.5, 0.6) is 0 Å². The van der Waals surface area contributed by atoms with Crippen molar-refractivity contribution in [3.8, 4) is 0 Å². The van der Waals surface area contributed by atoms with Gasteiger partial charge in [-0.15, -0.1) is 0 Å². The first-order valence-electron chi connectivity index (χ1n) is 9.16. The van der Waals surface area contributed by atoms with E-state index in [1.165, 1.54) is 11.8 Å². The highest BCUT2D eigenvalue weighted by Crippen LogP contribution is 2.37. The molecule has 0 radical (unpaired) electrons. The minimum atomic E-state index is -0.671. The second-order valence-corrected chi connectivity index (χ2v) is 8.22. The third-order valence-electron chi connectivity index (χ3n) is 5.36. The standard InChI is InChI=1S/C21H24FNO3S/c1-20(25-9-10-26-20)15-3-5-18(6-4-15)27-19-12-16(11-17(22)13-19)21(24-2)7-8-23-14-21/h3-6,11-13,23H,7-10,14H2,1-2H3. The maximum Gasteiger partial charge on any atom is 0.192 e. The first-order valence-corrected chi connectivity index (χ1v) is 9.98. The van der Waals surface area contributed by atoms with Gasteiger partial charge in [0, 0.05) is 29.0 Å². The molecule has 0 amide bonds. The van der Waals surface area contributed by atoms with Gasteiger partial charge in [0.05, 0.1) is 13.2 Å². The van der Waals surface area contributed by atoms with Crippen LogP contribution in [0.4, 0.5) is 4.39 Å². The van der Waals surface area contributed by atoms with Crippen LogP contribution in [0.25, 0.3) is 0 Å². The molecule has 0 aromatic heterocycles. The lowest BCUT2D eigenvalue weighted by molar-refractivity contribution is -0.149. The van der Waals surface area contributed by atoms with Crippen LogP contribution in [-0.2, 0) is 25.6 Å². The minimum Gasteiger partial charge on any atom is -0.372 e. The molecule has 1 unspecified atom stereocenters. The van der Waals surface area contributed by atoms with Crippen LogP contribution in [-0.4, -0.2) is 33.4 Å². The summed E-state index contributed by atoms with van der Waals surface area (Å²) in [5.41, 5.74) is 1.42. The largest absolute Gasteiger partial charge is 0.372 e. The summed E-state index contributed by atoms with van der Waals surface area (Å²) in [6.07, 6.45) is 0.838. The minimum absolute atomic E-state index is 0.241. The van der Waals surface area contributed by atoms with Crippen LogP contribution in [0.1, 0.15) is 24.5 Å². The molecule has 0 bridgehead atoms. The Labute approximate surface area is 163 Å². The van der Waals surface area contributed by atoms with Gasteiger partial charge in [-0.1, -0.05) is 23.9 Å². The van der Waals surface area contributed by atoms with Crippen LogP contribution < -0.4 is 5.32 Å². The fourth-order valence-corrected chi connectivity index (χ4v) is 4.64. The van der Waals surface area contributed by atoms with Crippen molar-refractivity contribution in [1.29, 1.82) is 0 Å². The summed E-state index contributed by atoms with van der Waals surface area (Å²) in [6.45, 7) is 4.72. The maximum absolute atomic E-state index is 14.3. The topological polar surface area (TPSA) is 39.7 Å². The smallest absolute Gasteiger partial charge is 0.192 e. The normalized spacial score (nSPS) is 24.4. The molecule has 2 aromatic rings. The van der Waals surface area contributed by atoms with Gasteiger partial charge in [0.1, 0.15) is 11.4 Å². The number of hydrogen-bond donors (Lipinski definition) is 1. The summed E-state index contributed by atoms with van der Waals surface area (Å²) in [5.74, 6) is -0.912. The van der Waals surface area contributed by atoms with E-state index < -0.39 is 11.4 Å². The highest BCUT2D eigenvalue weighted by molar-refractivity contribution is 7.99. The molecule has 2 saturated heterocycles. The average molecular weight is 389 g/mol. The van der Waals surface area contributed by atoms with Crippen molar-refractivity contribution in [3.05, 3.63) is 59.4 Å². The predicted octanol–water partition coefficient (Wildman–Crippen LogP) is 4.03. The van der Waals surface area contributed by atoms with Gasteiger partial charge in [0.15, 0.2) is 5.79 Å². The Morgan fingerprint density at radius 1 is 1.04 bits per heavy atom. The van der Waals surface area contributed by atoms with Gasteiger partial charge >= 0.3 is 0 Å². The van der Waals surface area contributed by atoms with E-state index in [0.717, 1.165) is 33.9 Å². The molecule has 27 heavy (non-hydrogen) atoms. The first-order chi connectivity index (χ1) is 13.0. The van der Waals surface area contributed by atoms with E-state index in [2.05, 4.69) is 5.32 Å². The molecule has 2 heterocycles. The number of ether oxygens (including phenoxy) is 3. The molecule has 0 saturated carbocycles. The second kappa shape index (κ2) is 7.53. The number of rotatable bonds is 5. The van der Waals surface area contributed by atoms with Crippen molar-refractivity contribution < 1.29 is 18.6 Å². The van der Waals surface area contributed by atoms with E-state index in [0.29, 0.717) is 19.8 Å². The SMILES string of the molecule is COC1(c2cc(F)cc(Sc3ccc(C4(C)OCCO4)cc3)c2)CCNC1. The molecule has 2 aromatic carbocycles. The van der Waals surface area contributed by atoms with Crippen molar-refractivity contribution in [2.24, 2.45) is 0 Å². The Morgan fingerprint density at radius 2 is 1.78 bits per heavy atom. The molecule has 6 heteroatoms. The molecule has 1 N–H and O–H groups in total. The van der Waals surface area contributed by atoms with Gasteiger partial charge < -0.3 is 19.5 Å². The quantitative estimate of drug-likeness (QED) is 0.836. The molecule has 2 fully saturated rings. The fourth-order valence-electron chi connectivity index (χ4n) is 3.74. The molecule has 0 spiro atoms. The molecule has 1 atom stereocenters. The Balaban J connectivity index is 1.56. The van der Waals surface area contributed by atoms with Crippen molar-refractivity contribution in [3.63, 3.8) is 0 Å². The van der Waals surface area contributed by atoms with E-state index in [4.69, 9.17) is 14.2 Å². The predicted molar refractivity (Wildman–Crippen MR) is 102 cm³/mol. The Kier molecular flexibility index (Phi) is 5.27. The van der Waals surface area contributed by atoms with Crippen molar-refractivity contribution in [2.75, 3.05) is 33.4 Å². The van der Waals surface area contributed by atoms with Gasteiger partial charge in [0.25, 0.3) is 0 Å². The van der Waals surface area contributed by atoms with Crippen LogP contribution >= 0.6 is 11.8 Å². The lowest BCUT2D eigenvalue weighted by Gasteiger charge is -2.27. The number of benzene rings is 2. The highest BCUT2D eigenvalue weighted by atomic mass is 32.2. The summed E-state index contributed by atoms with van der Waals surface area (Å²) in [5, 5.41) is 3.31. The number of hydrogen-bond acceptors (Lipinski definition) is 5. The van der Waals surface area contributed by atoms with E-state index in [-0.39, 0.29) is 5.82 Å². The van der Waals surface area contributed by atoms with E-state index >= 15 is 0 Å². The van der Waals surface area contributed by atoms with Crippen LogP contribution in [0.2, 0.25) is 0 Å². The summed E-state index contributed by atoms with van der Waals surface area (Å²) in [6, 6.07) is 13.2. The zero-order valence-electron chi connectivity index (χ0n) is 15.6. The lowest BCUT2D eigenvalue weighted by Crippen LogP contribution is -2.31. The highest BCUT2D eigenvalue weighted by Gasteiger charge is 2.36. The molecular weight excluding hydrogens is 365 g/mol. The second-order valence-electron chi connectivity index (χ2n) is 7.07. The van der Waals surface area contributed by atoms with Crippen molar-refractivity contribution >= 4 is 11.8 Å². The van der Waals surface area contributed by atoms with Crippen LogP contribution in [0.3, 0.4) is 0 Å². The van der Waals surface area contributed by atoms with Crippen molar-refractivity contribution in [2.45, 2.75) is 34.5 Å². The molecule has 2 aliphatic rings. The Morgan fingerprint density at radius 3 is 2.41 bits per heavy atom. The molecule has 0 aliphatic carbocycles. The van der Waals surface area contributed by atoms with Crippen LogP contribution in [0, 0.1) is 5.82 Å². The molecule has 2 aliphatic heterocycles. The molecular formula is C21H24FNO3S. The Bertz CT molecular complexity index is 800. The molecule has 4 rings (SSSR count).